The predicted molar refractivity (Wildman–Crippen MR) is 80.6 cm³/mol. The summed E-state index contributed by atoms with van der Waals surface area (Å²) in [5, 5.41) is 2.11. The van der Waals surface area contributed by atoms with Crippen molar-refractivity contribution in [2.75, 3.05) is 13.6 Å². The molecule has 2 nitrogen and oxygen atoms in total. The molecular formula is C15H24N2S. The third-order valence-electron chi connectivity index (χ3n) is 3.03. The topological polar surface area (TPSA) is 29.3 Å². The Bertz CT molecular complexity index is 412. The molecule has 0 fully saturated rings. The summed E-state index contributed by atoms with van der Waals surface area (Å²) in [5.41, 5.74) is 6.55. The van der Waals surface area contributed by atoms with Gasteiger partial charge >= 0.3 is 0 Å². The second kappa shape index (κ2) is 7.58. The van der Waals surface area contributed by atoms with Crippen LogP contribution in [0.1, 0.15) is 37.6 Å². The molecule has 1 unspecified atom stereocenters. The van der Waals surface area contributed by atoms with Crippen molar-refractivity contribution in [1.82, 2.24) is 4.90 Å². The largest absolute Gasteiger partial charge is 0.320 e. The second-order valence-corrected chi connectivity index (χ2v) is 6.16. The van der Waals surface area contributed by atoms with Crippen molar-refractivity contribution in [2.24, 2.45) is 11.7 Å². The van der Waals surface area contributed by atoms with Crippen LogP contribution in [0.3, 0.4) is 0 Å². The Balaban J connectivity index is 2.64. The van der Waals surface area contributed by atoms with Crippen molar-refractivity contribution >= 4 is 11.3 Å². The van der Waals surface area contributed by atoms with E-state index < -0.39 is 0 Å². The molecule has 0 aliphatic carbocycles. The van der Waals surface area contributed by atoms with Gasteiger partial charge in [-0.15, -0.1) is 11.3 Å². The second-order valence-electron chi connectivity index (χ2n) is 5.16. The maximum atomic E-state index is 5.42. The lowest BCUT2D eigenvalue weighted by Crippen LogP contribution is -2.29. The van der Waals surface area contributed by atoms with Crippen LogP contribution in [0.15, 0.2) is 11.4 Å². The molecule has 0 aliphatic heterocycles. The smallest absolute Gasteiger partial charge is 0.0555 e. The molecule has 1 aromatic heterocycles. The Labute approximate surface area is 115 Å². The van der Waals surface area contributed by atoms with E-state index in [0.717, 1.165) is 18.0 Å². The van der Waals surface area contributed by atoms with E-state index in [9.17, 15) is 0 Å². The summed E-state index contributed by atoms with van der Waals surface area (Å²) in [5.74, 6) is 6.82. The summed E-state index contributed by atoms with van der Waals surface area (Å²) in [6.07, 6.45) is 1.23. The lowest BCUT2D eigenvalue weighted by atomic mass is 10.0. The molecule has 0 aliphatic rings. The molecule has 0 spiro atoms. The first-order valence-corrected chi connectivity index (χ1v) is 7.38. The molecule has 0 saturated carbocycles. The van der Waals surface area contributed by atoms with Crippen LogP contribution in [0.4, 0.5) is 0 Å². The number of nitrogens with two attached hydrogens (primary N) is 1. The van der Waals surface area contributed by atoms with Gasteiger partial charge in [-0.05, 0) is 37.8 Å². The minimum Gasteiger partial charge on any atom is -0.320 e. The van der Waals surface area contributed by atoms with Gasteiger partial charge in [0.1, 0.15) is 0 Å². The van der Waals surface area contributed by atoms with Crippen molar-refractivity contribution in [3.8, 4) is 11.8 Å². The molecule has 1 rings (SSSR count). The van der Waals surface area contributed by atoms with Crippen LogP contribution in [0.5, 0.6) is 0 Å². The molecule has 3 heteroatoms. The zero-order chi connectivity index (χ0) is 13.5. The minimum atomic E-state index is 0.425. The van der Waals surface area contributed by atoms with Crippen LogP contribution in [0.25, 0.3) is 0 Å². The van der Waals surface area contributed by atoms with E-state index in [1.807, 2.05) is 0 Å². The number of thiophene rings is 1. The highest BCUT2D eigenvalue weighted by molar-refractivity contribution is 7.10. The summed E-state index contributed by atoms with van der Waals surface area (Å²) in [7, 11) is 2.19. The zero-order valence-corrected chi connectivity index (χ0v) is 12.7. The van der Waals surface area contributed by atoms with E-state index in [2.05, 4.69) is 56.0 Å². The quantitative estimate of drug-likeness (QED) is 0.829. The fourth-order valence-electron chi connectivity index (χ4n) is 1.97. The molecule has 1 aromatic rings. The van der Waals surface area contributed by atoms with Crippen LogP contribution >= 0.6 is 11.3 Å². The van der Waals surface area contributed by atoms with Gasteiger partial charge in [0.25, 0.3) is 0 Å². The summed E-state index contributed by atoms with van der Waals surface area (Å²) in [4.78, 5) is 3.74. The van der Waals surface area contributed by atoms with Gasteiger partial charge in [0.2, 0.25) is 0 Å². The number of rotatable bonds is 5. The SMILES string of the molecule is CC(C)CC(C)N(C)Cc1sccc1C#CCN. The molecular weight excluding hydrogens is 240 g/mol. The minimum absolute atomic E-state index is 0.425. The molecule has 1 heterocycles. The van der Waals surface area contributed by atoms with Crippen molar-refractivity contribution < 1.29 is 0 Å². The van der Waals surface area contributed by atoms with Gasteiger partial charge in [-0.3, -0.25) is 4.90 Å². The summed E-state index contributed by atoms with van der Waals surface area (Å²) < 4.78 is 0. The van der Waals surface area contributed by atoms with E-state index >= 15 is 0 Å². The molecule has 18 heavy (non-hydrogen) atoms. The van der Waals surface area contributed by atoms with Crippen molar-refractivity contribution in [2.45, 2.75) is 39.8 Å². The molecule has 2 N–H and O–H groups in total. The standard InChI is InChI=1S/C15H24N2S/c1-12(2)10-13(3)17(4)11-15-14(6-5-8-16)7-9-18-15/h7,9,12-13H,8,10-11,16H2,1-4H3. The molecule has 0 bridgehead atoms. The molecule has 1 atom stereocenters. The highest BCUT2D eigenvalue weighted by Crippen LogP contribution is 2.20. The first kappa shape index (κ1) is 15.2. The van der Waals surface area contributed by atoms with Crippen molar-refractivity contribution in [3.05, 3.63) is 21.9 Å². The van der Waals surface area contributed by atoms with Gasteiger partial charge in [0.05, 0.1) is 6.54 Å². The molecule has 0 radical (unpaired) electrons. The van der Waals surface area contributed by atoms with E-state index in [4.69, 9.17) is 5.73 Å². The Hall–Kier alpha value is -0.820. The normalized spacial score (nSPS) is 12.6. The highest BCUT2D eigenvalue weighted by atomic mass is 32.1. The number of nitrogens with zero attached hydrogens (tertiary/aromatic N) is 1. The first-order chi connectivity index (χ1) is 8.54. The van der Waals surface area contributed by atoms with E-state index in [-0.39, 0.29) is 0 Å². The fraction of sp³-hybridized carbons (Fsp3) is 0.600. The third-order valence-corrected chi connectivity index (χ3v) is 3.93. The highest BCUT2D eigenvalue weighted by Gasteiger charge is 2.13. The molecule has 0 aromatic carbocycles. The average molecular weight is 264 g/mol. The Morgan fingerprint density at radius 1 is 1.39 bits per heavy atom. The fourth-order valence-corrected chi connectivity index (χ4v) is 2.86. The van der Waals surface area contributed by atoms with E-state index in [1.54, 1.807) is 11.3 Å². The van der Waals surface area contributed by atoms with Crippen LogP contribution in [-0.2, 0) is 6.54 Å². The molecule has 0 amide bonds. The van der Waals surface area contributed by atoms with E-state index in [1.165, 1.54) is 11.3 Å². The maximum Gasteiger partial charge on any atom is 0.0555 e. The van der Waals surface area contributed by atoms with Gasteiger partial charge in [0, 0.05) is 23.0 Å². The average Bonchev–Trinajstić information content (AvgIpc) is 2.72. The summed E-state index contributed by atoms with van der Waals surface area (Å²) in [6, 6.07) is 2.69. The van der Waals surface area contributed by atoms with Crippen LogP contribution in [0, 0.1) is 17.8 Å². The van der Waals surface area contributed by atoms with Crippen LogP contribution in [0.2, 0.25) is 0 Å². The Morgan fingerprint density at radius 3 is 2.72 bits per heavy atom. The molecule has 0 saturated heterocycles. The predicted octanol–water partition coefficient (Wildman–Crippen LogP) is 2.92. The summed E-state index contributed by atoms with van der Waals surface area (Å²) >= 11 is 1.78. The summed E-state index contributed by atoms with van der Waals surface area (Å²) in [6.45, 7) is 8.23. The van der Waals surface area contributed by atoms with Crippen LogP contribution in [-0.4, -0.2) is 24.5 Å². The van der Waals surface area contributed by atoms with Crippen LogP contribution < -0.4 is 5.73 Å². The number of hydrogen-bond acceptors (Lipinski definition) is 3. The number of hydrogen-bond donors (Lipinski definition) is 1. The third kappa shape index (κ3) is 4.81. The van der Waals surface area contributed by atoms with Gasteiger partial charge in [-0.25, -0.2) is 0 Å². The van der Waals surface area contributed by atoms with Gasteiger partial charge < -0.3 is 5.73 Å². The van der Waals surface area contributed by atoms with Gasteiger partial charge in [0.15, 0.2) is 0 Å². The molecule has 100 valence electrons. The van der Waals surface area contributed by atoms with E-state index in [0.29, 0.717) is 12.6 Å². The zero-order valence-electron chi connectivity index (χ0n) is 11.9. The monoisotopic (exact) mass is 264 g/mol. The van der Waals surface area contributed by atoms with Crippen molar-refractivity contribution in [1.29, 1.82) is 0 Å². The Morgan fingerprint density at radius 2 is 2.11 bits per heavy atom. The van der Waals surface area contributed by atoms with Crippen molar-refractivity contribution in [3.63, 3.8) is 0 Å². The maximum absolute atomic E-state index is 5.42. The van der Waals surface area contributed by atoms with Gasteiger partial charge in [-0.2, -0.15) is 0 Å². The Kier molecular flexibility index (Phi) is 6.42. The van der Waals surface area contributed by atoms with Gasteiger partial charge in [-0.1, -0.05) is 25.7 Å². The first-order valence-electron chi connectivity index (χ1n) is 6.50. The lowest BCUT2D eigenvalue weighted by molar-refractivity contribution is 0.222. The lowest BCUT2D eigenvalue weighted by Gasteiger charge is -2.25.